The van der Waals surface area contributed by atoms with E-state index in [1.165, 1.54) is 12.1 Å². The predicted octanol–water partition coefficient (Wildman–Crippen LogP) is 2.89. The van der Waals surface area contributed by atoms with Crippen LogP contribution < -0.4 is 0 Å². The number of phenols is 1. The summed E-state index contributed by atoms with van der Waals surface area (Å²) in [6.07, 6.45) is 3.85. The van der Waals surface area contributed by atoms with Gasteiger partial charge in [-0.1, -0.05) is 25.5 Å². The number of Topliss-reactive ketones (excluding diaryl/α,β-unsaturated/α-hetero) is 1. The number of rotatable bonds is 3. The van der Waals surface area contributed by atoms with E-state index in [4.69, 9.17) is 0 Å². The van der Waals surface area contributed by atoms with E-state index in [2.05, 4.69) is 0 Å². The second-order valence-electron chi connectivity index (χ2n) is 4.17. The van der Waals surface area contributed by atoms with Crippen LogP contribution in [0, 0.1) is 0 Å². The van der Waals surface area contributed by atoms with Crippen LogP contribution in [0.5, 0.6) is 5.75 Å². The van der Waals surface area contributed by atoms with Gasteiger partial charge in [0, 0.05) is 11.1 Å². The molecule has 1 aliphatic carbocycles. The molecule has 0 bridgehead atoms. The molecule has 3 nitrogen and oxygen atoms in total. The summed E-state index contributed by atoms with van der Waals surface area (Å²) in [5.74, 6) is -0.528. The lowest BCUT2D eigenvalue weighted by Gasteiger charge is -2.15. The topological polar surface area (TPSA) is 54.4 Å². The number of phenolic OH excluding ortho intramolecular Hbond substituents is 1. The Morgan fingerprint density at radius 3 is 2.71 bits per heavy atom. The fourth-order valence-corrected chi connectivity index (χ4v) is 2.01. The number of aromatic hydroxyl groups is 1. The highest BCUT2D eigenvalue weighted by molar-refractivity contribution is 6.25. The van der Waals surface area contributed by atoms with Gasteiger partial charge in [-0.2, -0.15) is 0 Å². The zero-order valence-corrected chi connectivity index (χ0v) is 9.69. The Balaban J connectivity index is 2.43. The van der Waals surface area contributed by atoms with Crippen molar-refractivity contribution in [1.82, 2.24) is 0 Å². The maximum Gasteiger partial charge on any atom is 0.190 e. The molecule has 0 aliphatic heterocycles. The summed E-state index contributed by atoms with van der Waals surface area (Å²) in [4.78, 5) is 23.9. The van der Waals surface area contributed by atoms with Gasteiger partial charge in [-0.05, 0) is 25.0 Å². The molecule has 0 amide bonds. The quantitative estimate of drug-likeness (QED) is 0.868. The molecule has 0 saturated heterocycles. The van der Waals surface area contributed by atoms with Crippen molar-refractivity contribution in [2.45, 2.75) is 26.2 Å². The predicted molar refractivity (Wildman–Crippen MR) is 64.4 cm³/mol. The van der Waals surface area contributed by atoms with Crippen molar-refractivity contribution in [3.05, 3.63) is 41.0 Å². The molecule has 0 unspecified atom stereocenters. The lowest BCUT2D eigenvalue weighted by molar-refractivity contribution is 0.0979. The van der Waals surface area contributed by atoms with Crippen LogP contribution in [0.2, 0.25) is 0 Å². The van der Waals surface area contributed by atoms with Gasteiger partial charge < -0.3 is 5.11 Å². The Morgan fingerprint density at radius 1 is 1.24 bits per heavy atom. The molecular formula is C14H14O3. The molecule has 1 aliphatic rings. The molecule has 0 spiro atoms. The highest BCUT2D eigenvalue weighted by atomic mass is 16.3. The summed E-state index contributed by atoms with van der Waals surface area (Å²) in [5.41, 5.74) is 1.01. The molecule has 2 rings (SSSR count). The second kappa shape index (κ2) is 4.53. The van der Waals surface area contributed by atoms with Crippen molar-refractivity contribution >= 4 is 11.6 Å². The van der Waals surface area contributed by atoms with Crippen molar-refractivity contribution in [2.75, 3.05) is 0 Å². The van der Waals surface area contributed by atoms with E-state index in [9.17, 15) is 14.7 Å². The van der Waals surface area contributed by atoms with Gasteiger partial charge in [-0.25, -0.2) is 0 Å². The Morgan fingerprint density at radius 2 is 2.00 bits per heavy atom. The number of allylic oxidation sites excluding steroid dienone is 2. The van der Waals surface area contributed by atoms with Gasteiger partial charge in [-0.3, -0.25) is 9.59 Å². The van der Waals surface area contributed by atoms with Crippen LogP contribution in [0.15, 0.2) is 29.8 Å². The third-order valence-electron chi connectivity index (χ3n) is 2.93. The minimum absolute atomic E-state index is 0.119. The maximum absolute atomic E-state index is 12.1. The van der Waals surface area contributed by atoms with Crippen LogP contribution in [0.25, 0.3) is 0 Å². The number of carbonyl (C=O) groups excluding carboxylic acids is 2. The van der Waals surface area contributed by atoms with Crippen LogP contribution in [0.3, 0.4) is 0 Å². The van der Waals surface area contributed by atoms with Gasteiger partial charge >= 0.3 is 0 Å². The SMILES string of the molecule is CCCCC1=CC(=O)c2c(O)cccc2C1=O. The minimum atomic E-state index is -0.274. The monoisotopic (exact) mass is 230 g/mol. The van der Waals surface area contributed by atoms with Crippen LogP contribution in [0.4, 0.5) is 0 Å². The molecule has 0 atom stereocenters. The maximum atomic E-state index is 12.1. The van der Waals surface area contributed by atoms with E-state index < -0.39 is 0 Å². The summed E-state index contributed by atoms with van der Waals surface area (Å²) >= 11 is 0. The molecule has 0 aromatic heterocycles. The van der Waals surface area contributed by atoms with Gasteiger partial charge in [0.2, 0.25) is 0 Å². The van der Waals surface area contributed by atoms with Gasteiger partial charge in [0.1, 0.15) is 5.75 Å². The zero-order chi connectivity index (χ0) is 12.4. The molecule has 0 saturated carbocycles. The first-order valence-electron chi connectivity index (χ1n) is 5.76. The highest BCUT2D eigenvalue weighted by Crippen LogP contribution is 2.29. The molecule has 1 N–H and O–H groups in total. The summed E-state index contributed by atoms with van der Waals surface area (Å²) < 4.78 is 0. The molecular weight excluding hydrogens is 216 g/mol. The van der Waals surface area contributed by atoms with Crippen molar-refractivity contribution in [3.8, 4) is 5.75 Å². The van der Waals surface area contributed by atoms with Gasteiger partial charge in [0.15, 0.2) is 11.6 Å². The first kappa shape index (κ1) is 11.6. The third kappa shape index (κ3) is 2.00. The van der Waals surface area contributed by atoms with Gasteiger partial charge in [-0.15, -0.1) is 0 Å². The van der Waals surface area contributed by atoms with E-state index in [0.717, 1.165) is 12.8 Å². The van der Waals surface area contributed by atoms with Gasteiger partial charge in [0.25, 0.3) is 0 Å². The first-order valence-corrected chi connectivity index (χ1v) is 5.76. The highest BCUT2D eigenvalue weighted by Gasteiger charge is 2.27. The number of carbonyl (C=O) groups is 2. The van der Waals surface area contributed by atoms with E-state index in [1.807, 2.05) is 6.92 Å². The number of unbranched alkanes of at least 4 members (excludes halogenated alkanes) is 1. The fourth-order valence-electron chi connectivity index (χ4n) is 2.01. The molecule has 17 heavy (non-hydrogen) atoms. The number of fused-ring (bicyclic) bond motifs is 1. The molecule has 1 aromatic carbocycles. The third-order valence-corrected chi connectivity index (χ3v) is 2.93. The Kier molecular flexibility index (Phi) is 3.09. The normalized spacial score (nSPS) is 14.5. The number of hydrogen-bond acceptors (Lipinski definition) is 3. The average molecular weight is 230 g/mol. The van der Waals surface area contributed by atoms with Crippen molar-refractivity contribution in [2.24, 2.45) is 0 Å². The summed E-state index contributed by atoms with van der Waals surface area (Å²) in [6, 6.07) is 4.60. The van der Waals surface area contributed by atoms with Crippen molar-refractivity contribution < 1.29 is 14.7 Å². The van der Waals surface area contributed by atoms with E-state index in [1.54, 1.807) is 12.1 Å². The van der Waals surface area contributed by atoms with E-state index >= 15 is 0 Å². The van der Waals surface area contributed by atoms with Crippen LogP contribution >= 0.6 is 0 Å². The summed E-state index contributed by atoms with van der Waals surface area (Å²) in [5, 5.41) is 9.60. The molecule has 0 fully saturated rings. The Bertz CT molecular complexity index is 512. The first-order chi connectivity index (χ1) is 8.15. The molecule has 0 radical (unpaired) electrons. The largest absolute Gasteiger partial charge is 0.507 e. The Labute approximate surface area is 99.8 Å². The van der Waals surface area contributed by atoms with Crippen molar-refractivity contribution in [1.29, 1.82) is 0 Å². The fraction of sp³-hybridized carbons (Fsp3) is 0.286. The molecule has 0 heterocycles. The lowest BCUT2D eigenvalue weighted by Crippen LogP contribution is -2.17. The van der Waals surface area contributed by atoms with Crippen LogP contribution in [0.1, 0.15) is 46.9 Å². The number of benzene rings is 1. The smallest absolute Gasteiger partial charge is 0.190 e. The van der Waals surface area contributed by atoms with E-state index in [0.29, 0.717) is 17.6 Å². The standard InChI is InChI=1S/C14H14O3/c1-2-3-5-9-8-12(16)13-10(14(9)17)6-4-7-11(13)15/h4,6-8,15H,2-3,5H2,1H3. The second-order valence-corrected chi connectivity index (χ2v) is 4.17. The number of hydrogen-bond donors (Lipinski definition) is 1. The molecule has 88 valence electrons. The van der Waals surface area contributed by atoms with E-state index in [-0.39, 0.29) is 22.9 Å². The molecule has 3 heteroatoms. The average Bonchev–Trinajstić information content (AvgIpc) is 2.31. The van der Waals surface area contributed by atoms with Crippen molar-refractivity contribution in [3.63, 3.8) is 0 Å². The summed E-state index contributed by atoms with van der Waals surface area (Å²) in [6.45, 7) is 2.04. The number of ketones is 2. The minimum Gasteiger partial charge on any atom is -0.507 e. The lowest BCUT2D eigenvalue weighted by atomic mass is 9.87. The van der Waals surface area contributed by atoms with Crippen LogP contribution in [-0.2, 0) is 0 Å². The van der Waals surface area contributed by atoms with Crippen LogP contribution in [-0.4, -0.2) is 16.7 Å². The Hall–Kier alpha value is -1.90. The summed E-state index contributed by atoms with van der Waals surface area (Å²) in [7, 11) is 0. The van der Waals surface area contributed by atoms with Gasteiger partial charge in [0.05, 0.1) is 5.56 Å². The molecule has 1 aromatic rings. The zero-order valence-electron chi connectivity index (χ0n) is 9.69.